The van der Waals surface area contributed by atoms with Crippen LogP contribution in [-0.4, -0.2) is 27.7 Å². The molecule has 0 saturated heterocycles. The number of ether oxygens (including phenoxy) is 1. The molecule has 4 heteroatoms. The van der Waals surface area contributed by atoms with E-state index < -0.39 is 0 Å². The van der Waals surface area contributed by atoms with Gasteiger partial charge < -0.3 is 14.2 Å². The van der Waals surface area contributed by atoms with Crippen molar-refractivity contribution in [3.63, 3.8) is 0 Å². The number of hydrogen-bond donors (Lipinski definition) is 1. The van der Waals surface area contributed by atoms with Crippen molar-refractivity contribution in [2.24, 2.45) is 0 Å². The van der Waals surface area contributed by atoms with E-state index in [1.165, 1.54) is 0 Å². The Hall–Kier alpha value is -1.55. The molecule has 74 valence electrons. The fourth-order valence-electron chi connectivity index (χ4n) is 1.38. The molecule has 0 radical (unpaired) electrons. The fourth-order valence-corrected chi connectivity index (χ4v) is 1.38. The van der Waals surface area contributed by atoms with Crippen LogP contribution in [-0.2, 0) is 0 Å². The van der Waals surface area contributed by atoms with E-state index in [9.17, 15) is 0 Å². The lowest BCUT2D eigenvalue weighted by atomic mass is 10.4. The summed E-state index contributed by atoms with van der Waals surface area (Å²) in [5.41, 5.74) is 1.74. The van der Waals surface area contributed by atoms with Gasteiger partial charge in [-0.05, 0) is 19.1 Å². The maximum absolute atomic E-state index is 8.65. The second-order valence-electron chi connectivity index (χ2n) is 3.06. The minimum atomic E-state index is 0.0146. The number of hydrogen-bond acceptors (Lipinski definition) is 3. The number of aromatic nitrogens is 2. The molecule has 0 spiro atoms. The summed E-state index contributed by atoms with van der Waals surface area (Å²) in [6.07, 6.45) is 3.85. The van der Waals surface area contributed by atoms with E-state index >= 15 is 0 Å². The highest BCUT2D eigenvalue weighted by Gasteiger charge is 2.04. The molecule has 2 heterocycles. The van der Waals surface area contributed by atoms with Gasteiger partial charge in [0.15, 0.2) is 11.4 Å². The van der Waals surface area contributed by atoms with Crippen LogP contribution < -0.4 is 4.74 Å². The SMILES string of the molecule is Cc1cn2cccc(OCCO)c2n1. The van der Waals surface area contributed by atoms with Crippen molar-refractivity contribution >= 4 is 5.65 Å². The van der Waals surface area contributed by atoms with Gasteiger partial charge in [0.25, 0.3) is 0 Å². The molecule has 0 saturated carbocycles. The van der Waals surface area contributed by atoms with E-state index in [2.05, 4.69) is 4.98 Å². The van der Waals surface area contributed by atoms with Gasteiger partial charge in [-0.2, -0.15) is 0 Å². The molecule has 0 atom stereocenters. The Kier molecular flexibility index (Phi) is 2.37. The molecule has 0 bridgehead atoms. The second kappa shape index (κ2) is 3.67. The van der Waals surface area contributed by atoms with Gasteiger partial charge in [-0.1, -0.05) is 0 Å². The third-order valence-corrected chi connectivity index (χ3v) is 1.92. The number of aliphatic hydroxyl groups is 1. The van der Waals surface area contributed by atoms with Crippen molar-refractivity contribution in [1.29, 1.82) is 0 Å². The number of rotatable bonds is 3. The van der Waals surface area contributed by atoms with Gasteiger partial charge in [0.05, 0.1) is 12.3 Å². The summed E-state index contributed by atoms with van der Waals surface area (Å²) >= 11 is 0. The number of nitrogens with zero attached hydrogens (tertiary/aromatic N) is 2. The van der Waals surface area contributed by atoms with Crippen LogP contribution in [0.15, 0.2) is 24.5 Å². The average molecular weight is 192 g/mol. The molecule has 0 fully saturated rings. The maximum atomic E-state index is 8.65. The predicted molar refractivity (Wildman–Crippen MR) is 52.5 cm³/mol. The van der Waals surface area contributed by atoms with Crippen LogP contribution in [0.4, 0.5) is 0 Å². The molecule has 0 aliphatic rings. The van der Waals surface area contributed by atoms with Crippen molar-refractivity contribution in [3.8, 4) is 5.75 Å². The van der Waals surface area contributed by atoms with Crippen molar-refractivity contribution in [3.05, 3.63) is 30.2 Å². The minimum Gasteiger partial charge on any atom is -0.487 e. The van der Waals surface area contributed by atoms with Gasteiger partial charge in [0, 0.05) is 12.4 Å². The molecule has 0 unspecified atom stereocenters. The van der Waals surface area contributed by atoms with Crippen LogP contribution in [0, 0.1) is 6.92 Å². The molecule has 0 aliphatic heterocycles. The first-order valence-electron chi connectivity index (χ1n) is 4.49. The molecule has 0 amide bonds. The summed E-state index contributed by atoms with van der Waals surface area (Å²) in [6.45, 7) is 2.25. The van der Waals surface area contributed by atoms with Gasteiger partial charge >= 0.3 is 0 Å². The first-order chi connectivity index (χ1) is 6.81. The zero-order valence-electron chi connectivity index (χ0n) is 7.97. The van der Waals surface area contributed by atoms with E-state index in [1.807, 2.05) is 35.9 Å². The molecule has 2 rings (SSSR count). The first kappa shape index (κ1) is 9.02. The summed E-state index contributed by atoms with van der Waals surface area (Å²) in [5, 5.41) is 8.65. The smallest absolute Gasteiger partial charge is 0.179 e. The Labute approximate surface area is 81.8 Å². The molecular formula is C10H12N2O2. The Balaban J connectivity index is 2.42. The lowest BCUT2D eigenvalue weighted by molar-refractivity contribution is 0.202. The van der Waals surface area contributed by atoms with Crippen molar-refractivity contribution in [2.75, 3.05) is 13.2 Å². The molecule has 1 N–H and O–H groups in total. The largest absolute Gasteiger partial charge is 0.487 e. The molecule has 14 heavy (non-hydrogen) atoms. The Bertz CT molecular complexity index is 437. The number of imidazole rings is 1. The summed E-state index contributed by atoms with van der Waals surface area (Å²) in [5.74, 6) is 0.703. The number of aliphatic hydroxyl groups excluding tert-OH is 1. The molecule has 2 aromatic heterocycles. The van der Waals surface area contributed by atoms with Crippen molar-refractivity contribution in [2.45, 2.75) is 6.92 Å². The van der Waals surface area contributed by atoms with E-state index in [0.29, 0.717) is 12.4 Å². The zero-order chi connectivity index (χ0) is 9.97. The summed E-state index contributed by atoms with van der Waals surface area (Å²) < 4.78 is 7.25. The predicted octanol–water partition coefficient (Wildman–Crippen LogP) is 1.01. The minimum absolute atomic E-state index is 0.0146. The normalized spacial score (nSPS) is 10.7. The zero-order valence-corrected chi connectivity index (χ0v) is 7.97. The Morgan fingerprint density at radius 3 is 3.21 bits per heavy atom. The van der Waals surface area contributed by atoms with Gasteiger partial charge in [-0.25, -0.2) is 4.98 Å². The number of fused-ring (bicyclic) bond motifs is 1. The van der Waals surface area contributed by atoms with Crippen LogP contribution in [0.3, 0.4) is 0 Å². The highest BCUT2D eigenvalue weighted by Crippen LogP contribution is 2.18. The quantitative estimate of drug-likeness (QED) is 0.789. The summed E-state index contributed by atoms with van der Waals surface area (Å²) in [7, 11) is 0. The average Bonchev–Trinajstić information content (AvgIpc) is 2.55. The molecular weight excluding hydrogens is 180 g/mol. The maximum Gasteiger partial charge on any atom is 0.179 e. The van der Waals surface area contributed by atoms with Crippen molar-refractivity contribution < 1.29 is 9.84 Å². The summed E-state index contributed by atoms with van der Waals surface area (Å²) in [6, 6.07) is 3.73. The lowest BCUT2D eigenvalue weighted by Gasteiger charge is -2.04. The highest BCUT2D eigenvalue weighted by atomic mass is 16.5. The van der Waals surface area contributed by atoms with Gasteiger partial charge in [0.1, 0.15) is 6.61 Å². The van der Waals surface area contributed by atoms with Crippen LogP contribution in [0.5, 0.6) is 5.75 Å². The van der Waals surface area contributed by atoms with E-state index in [0.717, 1.165) is 11.3 Å². The lowest BCUT2D eigenvalue weighted by Crippen LogP contribution is -2.02. The topological polar surface area (TPSA) is 46.8 Å². The number of aryl methyl sites for hydroxylation is 1. The Morgan fingerprint density at radius 2 is 2.43 bits per heavy atom. The van der Waals surface area contributed by atoms with Crippen LogP contribution in [0.2, 0.25) is 0 Å². The van der Waals surface area contributed by atoms with Gasteiger partial charge in [-0.15, -0.1) is 0 Å². The van der Waals surface area contributed by atoms with E-state index in [-0.39, 0.29) is 6.61 Å². The van der Waals surface area contributed by atoms with Crippen LogP contribution in [0.1, 0.15) is 5.69 Å². The first-order valence-corrected chi connectivity index (χ1v) is 4.49. The van der Waals surface area contributed by atoms with Gasteiger partial charge in [0.2, 0.25) is 0 Å². The van der Waals surface area contributed by atoms with Crippen LogP contribution >= 0.6 is 0 Å². The summed E-state index contributed by atoms with van der Waals surface area (Å²) in [4.78, 5) is 4.32. The third-order valence-electron chi connectivity index (χ3n) is 1.92. The molecule has 2 aromatic rings. The molecule has 4 nitrogen and oxygen atoms in total. The van der Waals surface area contributed by atoms with Crippen LogP contribution in [0.25, 0.3) is 5.65 Å². The van der Waals surface area contributed by atoms with E-state index in [1.54, 1.807) is 0 Å². The van der Waals surface area contributed by atoms with Gasteiger partial charge in [-0.3, -0.25) is 0 Å². The number of pyridine rings is 1. The fraction of sp³-hybridized carbons (Fsp3) is 0.300. The monoisotopic (exact) mass is 192 g/mol. The van der Waals surface area contributed by atoms with E-state index in [4.69, 9.17) is 9.84 Å². The Morgan fingerprint density at radius 1 is 1.57 bits per heavy atom. The third kappa shape index (κ3) is 1.56. The molecule has 0 aliphatic carbocycles. The molecule has 0 aromatic carbocycles. The highest BCUT2D eigenvalue weighted by molar-refractivity contribution is 5.54. The van der Waals surface area contributed by atoms with Crippen molar-refractivity contribution in [1.82, 2.24) is 9.38 Å². The second-order valence-corrected chi connectivity index (χ2v) is 3.06. The standard InChI is InChI=1S/C10H12N2O2/c1-8-7-12-4-2-3-9(10(12)11-8)14-6-5-13/h2-4,7,13H,5-6H2,1H3.